The van der Waals surface area contributed by atoms with Crippen molar-refractivity contribution in [3.05, 3.63) is 23.3 Å². The fourth-order valence-electron chi connectivity index (χ4n) is 1.59. The average Bonchev–Trinajstić information content (AvgIpc) is 2.29. The molecule has 0 radical (unpaired) electrons. The van der Waals surface area contributed by atoms with Crippen molar-refractivity contribution in [2.45, 2.75) is 20.0 Å². The van der Waals surface area contributed by atoms with Gasteiger partial charge in [-0.3, -0.25) is 4.79 Å². The summed E-state index contributed by atoms with van der Waals surface area (Å²) < 4.78 is 15.3. The van der Waals surface area contributed by atoms with Gasteiger partial charge in [-0.15, -0.1) is 0 Å². The summed E-state index contributed by atoms with van der Waals surface area (Å²) in [6, 6.07) is 3.64. The second-order valence-corrected chi connectivity index (χ2v) is 3.42. The molecule has 0 fully saturated rings. The van der Waals surface area contributed by atoms with Crippen LogP contribution in [0.15, 0.2) is 12.1 Å². The number of hydrogen-bond donors (Lipinski definition) is 0. The molecule has 1 rings (SSSR count). The lowest BCUT2D eigenvalue weighted by atomic mass is 10.0. The van der Waals surface area contributed by atoms with E-state index in [0.717, 1.165) is 16.9 Å². The van der Waals surface area contributed by atoms with Gasteiger partial charge in [0.05, 0.1) is 14.2 Å². The van der Waals surface area contributed by atoms with Crippen molar-refractivity contribution < 1.29 is 19.0 Å². The Labute approximate surface area is 95.1 Å². The first-order valence-electron chi connectivity index (χ1n) is 4.95. The van der Waals surface area contributed by atoms with Crippen LogP contribution < -0.4 is 9.47 Å². The minimum atomic E-state index is -0.318. The van der Waals surface area contributed by atoms with Gasteiger partial charge in [-0.25, -0.2) is 0 Å². The molecule has 1 unspecified atom stereocenters. The molecule has 16 heavy (non-hydrogen) atoms. The van der Waals surface area contributed by atoms with E-state index in [1.807, 2.05) is 13.0 Å². The van der Waals surface area contributed by atoms with Gasteiger partial charge >= 0.3 is 0 Å². The van der Waals surface area contributed by atoms with E-state index >= 15 is 0 Å². The molecule has 1 aromatic rings. The molecule has 0 aliphatic carbocycles. The number of benzene rings is 1. The van der Waals surface area contributed by atoms with Crippen LogP contribution in [0.1, 0.15) is 24.2 Å². The molecule has 1 atom stereocenters. The molecule has 0 bridgehead atoms. The van der Waals surface area contributed by atoms with Crippen LogP contribution in [0.2, 0.25) is 0 Å². The van der Waals surface area contributed by atoms with Gasteiger partial charge in [0.1, 0.15) is 17.6 Å². The summed E-state index contributed by atoms with van der Waals surface area (Å²) >= 11 is 0. The van der Waals surface area contributed by atoms with E-state index in [9.17, 15) is 4.79 Å². The number of ether oxygens (including phenoxy) is 3. The lowest BCUT2D eigenvalue weighted by Gasteiger charge is -2.17. The zero-order valence-corrected chi connectivity index (χ0v) is 9.94. The Morgan fingerprint density at radius 2 is 1.94 bits per heavy atom. The molecule has 0 aliphatic rings. The van der Waals surface area contributed by atoms with Crippen LogP contribution in [0.4, 0.5) is 0 Å². The first kappa shape index (κ1) is 12.4. The Balaban J connectivity index is 3.19. The molecule has 0 N–H and O–H groups in total. The van der Waals surface area contributed by atoms with E-state index in [1.165, 1.54) is 0 Å². The number of carbonyl (C=O) groups excluding carboxylic acids is 1. The van der Waals surface area contributed by atoms with E-state index in [-0.39, 0.29) is 6.10 Å². The Bertz CT molecular complexity index is 374. The summed E-state index contributed by atoms with van der Waals surface area (Å²) in [5, 5.41) is 0. The number of hydrogen-bond acceptors (Lipinski definition) is 4. The van der Waals surface area contributed by atoms with Crippen molar-refractivity contribution in [2.75, 3.05) is 14.2 Å². The molecular weight excluding hydrogens is 208 g/mol. The third-order valence-corrected chi connectivity index (χ3v) is 2.53. The Morgan fingerprint density at radius 1 is 1.25 bits per heavy atom. The van der Waals surface area contributed by atoms with Gasteiger partial charge in [0, 0.05) is 11.6 Å². The first-order chi connectivity index (χ1) is 7.63. The molecular formula is C12H16O4. The summed E-state index contributed by atoms with van der Waals surface area (Å²) in [6.45, 7) is 4.16. The van der Waals surface area contributed by atoms with Gasteiger partial charge in [-0.1, -0.05) is 0 Å². The minimum Gasteiger partial charge on any atom is -0.497 e. The van der Waals surface area contributed by atoms with Crippen LogP contribution in [0.3, 0.4) is 0 Å². The normalized spacial score (nSPS) is 11.8. The van der Waals surface area contributed by atoms with Gasteiger partial charge < -0.3 is 14.2 Å². The van der Waals surface area contributed by atoms with Crippen LogP contribution >= 0.6 is 0 Å². The maximum atomic E-state index is 10.3. The van der Waals surface area contributed by atoms with E-state index < -0.39 is 0 Å². The van der Waals surface area contributed by atoms with Crippen LogP contribution in [0.25, 0.3) is 0 Å². The third kappa shape index (κ3) is 2.45. The van der Waals surface area contributed by atoms with Crippen molar-refractivity contribution >= 4 is 6.47 Å². The average molecular weight is 224 g/mol. The molecule has 0 spiro atoms. The molecule has 0 amide bonds. The topological polar surface area (TPSA) is 44.8 Å². The zero-order chi connectivity index (χ0) is 12.1. The fraction of sp³-hybridized carbons (Fsp3) is 0.417. The van der Waals surface area contributed by atoms with Gasteiger partial charge in [-0.2, -0.15) is 0 Å². The molecule has 4 heteroatoms. The number of methoxy groups -OCH3 is 2. The molecule has 0 saturated carbocycles. The lowest BCUT2D eigenvalue weighted by molar-refractivity contribution is -0.133. The van der Waals surface area contributed by atoms with Gasteiger partial charge in [0.2, 0.25) is 0 Å². The van der Waals surface area contributed by atoms with Gasteiger partial charge in [0.15, 0.2) is 0 Å². The summed E-state index contributed by atoms with van der Waals surface area (Å²) in [5.74, 6) is 1.40. The standard InChI is InChI=1S/C12H16O4/c1-8-11(9(2)16-7-13)5-10(14-3)6-12(8)15-4/h5-7,9H,1-4H3. The highest BCUT2D eigenvalue weighted by Crippen LogP contribution is 2.32. The summed E-state index contributed by atoms with van der Waals surface area (Å²) in [5.41, 5.74) is 1.82. The minimum absolute atomic E-state index is 0.318. The fourth-order valence-corrected chi connectivity index (χ4v) is 1.59. The maximum absolute atomic E-state index is 10.3. The zero-order valence-electron chi connectivity index (χ0n) is 9.94. The highest BCUT2D eigenvalue weighted by atomic mass is 16.5. The van der Waals surface area contributed by atoms with E-state index in [1.54, 1.807) is 27.2 Å². The summed E-state index contributed by atoms with van der Waals surface area (Å²) in [6.07, 6.45) is -0.318. The van der Waals surface area contributed by atoms with Gasteiger partial charge in [0.25, 0.3) is 6.47 Å². The highest BCUT2D eigenvalue weighted by molar-refractivity contribution is 5.48. The second kappa shape index (κ2) is 5.39. The molecule has 1 aromatic carbocycles. The Morgan fingerprint density at radius 3 is 2.44 bits per heavy atom. The first-order valence-corrected chi connectivity index (χ1v) is 4.95. The number of rotatable bonds is 5. The highest BCUT2D eigenvalue weighted by Gasteiger charge is 2.14. The Hall–Kier alpha value is -1.71. The van der Waals surface area contributed by atoms with Crippen LogP contribution in [-0.2, 0) is 9.53 Å². The molecule has 88 valence electrons. The van der Waals surface area contributed by atoms with Crippen LogP contribution in [-0.4, -0.2) is 20.7 Å². The van der Waals surface area contributed by atoms with Crippen molar-refractivity contribution in [1.82, 2.24) is 0 Å². The largest absolute Gasteiger partial charge is 0.497 e. The second-order valence-electron chi connectivity index (χ2n) is 3.42. The van der Waals surface area contributed by atoms with Crippen molar-refractivity contribution in [3.8, 4) is 11.5 Å². The number of carbonyl (C=O) groups is 1. The van der Waals surface area contributed by atoms with Crippen LogP contribution in [0.5, 0.6) is 11.5 Å². The van der Waals surface area contributed by atoms with Crippen molar-refractivity contribution in [2.24, 2.45) is 0 Å². The Kier molecular flexibility index (Phi) is 4.17. The molecule has 4 nitrogen and oxygen atoms in total. The van der Waals surface area contributed by atoms with E-state index in [4.69, 9.17) is 14.2 Å². The monoisotopic (exact) mass is 224 g/mol. The predicted molar refractivity (Wildman–Crippen MR) is 59.8 cm³/mol. The predicted octanol–water partition coefficient (Wildman–Crippen LogP) is 2.25. The summed E-state index contributed by atoms with van der Waals surface area (Å²) in [7, 11) is 3.18. The van der Waals surface area contributed by atoms with E-state index in [0.29, 0.717) is 12.2 Å². The van der Waals surface area contributed by atoms with Crippen molar-refractivity contribution in [1.29, 1.82) is 0 Å². The van der Waals surface area contributed by atoms with Crippen LogP contribution in [0, 0.1) is 6.92 Å². The molecule has 0 heterocycles. The smallest absolute Gasteiger partial charge is 0.293 e. The molecule has 0 aromatic heterocycles. The third-order valence-electron chi connectivity index (χ3n) is 2.53. The maximum Gasteiger partial charge on any atom is 0.293 e. The van der Waals surface area contributed by atoms with Crippen molar-refractivity contribution in [3.63, 3.8) is 0 Å². The van der Waals surface area contributed by atoms with Gasteiger partial charge in [-0.05, 0) is 25.5 Å². The SMILES string of the molecule is COc1cc(OC)c(C)c(C(C)OC=O)c1. The summed E-state index contributed by atoms with van der Waals surface area (Å²) in [4.78, 5) is 10.3. The molecule has 0 aliphatic heterocycles. The quantitative estimate of drug-likeness (QED) is 0.719. The van der Waals surface area contributed by atoms with E-state index in [2.05, 4.69) is 0 Å². The lowest BCUT2D eigenvalue weighted by Crippen LogP contribution is -2.03. The molecule has 0 saturated heterocycles.